The van der Waals surface area contributed by atoms with Gasteiger partial charge in [-0.05, 0) is 17.7 Å². The predicted octanol–water partition coefficient (Wildman–Crippen LogP) is 1.66. The van der Waals surface area contributed by atoms with Gasteiger partial charge in [-0.1, -0.05) is 34.7 Å². The molecule has 0 aliphatic rings. The van der Waals surface area contributed by atoms with Gasteiger partial charge < -0.3 is 5.11 Å². The molecule has 0 amide bonds. The number of rotatable bonds is 3. The van der Waals surface area contributed by atoms with Gasteiger partial charge in [0.05, 0.1) is 0 Å². The van der Waals surface area contributed by atoms with E-state index in [9.17, 15) is 17.9 Å². The second kappa shape index (κ2) is 4.75. The van der Waals surface area contributed by atoms with Crippen LogP contribution in [0.25, 0.3) is 0 Å². The van der Waals surface area contributed by atoms with Crippen molar-refractivity contribution in [3.63, 3.8) is 0 Å². The average Bonchev–Trinajstić information content (AvgIpc) is 2.14. The van der Waals surface area contributed by atoms with Gasteiger partial charge in [-0.3, -0.25) is 0 Å². The first-order chi connectivity index (χ1) is 6.82. The molecule has 1 aromatic rings. The molecule has 3 nitrogen and oxygen atoms in total. The van der Waals surface area contributed by atoms with Crippen molar-refractivity contribution < 1.29 is 17.9 Å². The number of aliphatic hydroxyl groups is 1. The third kappa shape index (κ3) is 3.39. The number of halogens is 2. The van der Waals surface area contributed by atoms with Crippen molar-refractivity contribution in [1.82, 2.24) is 0 Å². The zero-order valence-corrected chi connectivity index (χ0v) is 10.9. The summed E-state index contributed by atoms with van der Waals surface area (Å²) in [7, 11) is -3.35. The fourth-order valence-electron chi connectivity index (χ4n) is 1.08. The van der Waals surface area contributed by atoms with Crippen LogP contribution in [0, 0.1) is 5.82 Å². The molecule has 0 aliphatic heterocycles. The van der Waals surface area contributed by atoms with Gasteiger partial charge in [0.1, 0.15) is 15.2 Å². The maximum atomic E-state index is 12.8. The largest absolute Gasteiger partial charge is 0.386 e. The second-order valence-electron chi connectivity index (χ2n) is 3.18. The van der Waals surface area contributed by atoms with E-state index in [0.717, 1.165) is 12.3 Å². The molecule has 15 heavy (non-hydrogen) atoms. The molecule has 0 bridgehead atoms. The van der Waals surface area contributed by atoms with Crippen molar-refractivity contribution >= 4 is 32.4 Å². The van der Waals surface area contributed by atoms with Crippen LogP contribution in [0.2, 0.25) is 0 Å². The Hall–Kier alpha value is -0.210. The lowest BCUT2D eigenvalue weighted by Crippen LogP contribution is -2.21. The molecular weight excluding hydrogens is 334 g/mol. The minimum Gasteiger partial charge on any atom is -0.386 e. The van der Waals surface area contributed by atoms with Crippen molar-refractivity contribution in [2.75, 3.05) is 6.26 Å². The summed E-state index contributed by atoms with van der Waals surface area (Å²) >= 11 is 1.63. The quantitative estimate of drug-likeness (QED) is 0.670. The predicted molar refractivity (Wildman–Crippen MR) is 64.0 cm³/mol. The van der Waals surface area contributed by atoms with Gasteiger partial charge in [-0.2, -0.15) is 0 Å². The van der Waals surface area contributed by atoms with Crippen LogP contribution in [-0.4, -0.2) is 23.0 Å². The van der Waals surface area contributed by atoms with Crippen LogP contribution in [0.5, 0.6) is 0 Å². The van der Waals surface area contributed by atoms with E-state index < -0.39 is 25.0 Å². The first-order valence-electron chi connectivity index (χ1n) is 4.09. The number of hydrogen-bond acceptors (Lipinski definition) is 3. The normalized spacial score (nSPS) is 16.0. The smallest absolute Gasteiger partial charge is 0.162 e. The van der Waals surface area contributed by atoms with Crippen molar-refractivity contribution in [3.05, 3.63) is 35.6 Å². The molecule has 0 fully saturated rings. The monoisotopic (exact) mass is 344 g/mol. The van der Waals surface area contributed by atoms with E-state index in [0.29, 0.717) is 0 Å². The Bertz CT molecular complexity index is 446. The van der Waals surface area contributed by atoms with Gasteiger partial charge in [0.25, 0.3) is 0 Å². The van der Waals surface area contributed by atoms with Crippen molar-refractivity contribution in [1.29, 1.82) is 0 Å². The summed E-state index contributed by atoms with van der Waals surface area (Å²) in [6.07, 6.45) is -0.177. The van der Waals surface area contributed by atoms with Crippen LogP contribution in [0.4, 0.5) is 4.39 Å². The number of benzene rings is 1. The van der Waals surface area contributed by atoms with E-state index in [4.69, 9.17) is 0 Å². The van der Waals surface area contributed by atoms with Crippen LogP contribution in [0.3, 0.4) is 0 Å². The highest BCUT2D eigenvalue weighted by Gasteiger charge is 2.27. The van der Waals surface area contributed by atoms with Crippen molar-refractivity contribution in [2.45, 2.75) is 9.36 Å². The Labute approximate surface area is 101 Å². The van der Waals surface area contributed by atoms with Gasteiger partial charge in [0, 0.05) is 6.26 Å². The van der Waals surface area contributed by atoms with Crippen LogP contribution >= 0.6 is 22.6 Å². The van der Waals surface area contributed by atoms with Crippen LogP contribution in [0.1, 0.15) is 11.7 Å². The fraction of sp³-hybridized carbons (Fsp3) is 0.333. The topological polar surface area (TPSA) is 54.4 Å². The van der Waals surface area contributed by atoms with Crippen molar-refractivity contribution in [3.8, 4) is 0 Å². The number of sulfone groups is 1. The molecule has 0 aromatic heterocycles. The Morgan fingerprint density at radius 2 is 2.07 bits per heavy atom. The molecular formula is C9H10FIO3S. The highest BCUT2D eigenvalue weighted by Crippen LogP contribution is 2.26. The second-order valence-corrected chi connectivity index (χ2v) is 7.53. The molecule has 1 N–H and O–H groups in total. The Balaban J connectivity index is 3.00. The summed E-state index contributed by atoms with van der Waals surface area (Å²) in [6.45, 7) is 0. The lowest BCUT2D eigenvalue weighted by Gasteiger charge is -2.15. The van der Waals surface area contributed by atoms with Crippen molar-refractivity contribution in [2.24, 2.45) is 0 Å². The van der Waals surface area contributed by atoms with E-state index in [1.807, 2.05) is 0 Å². The molecule has 0 radical (unpaired) electrons. The summed E-state index contributed by atoms with van der Waals surface area (Å²) in [5.41, 5.74) is 0.264. The summed E-state index contributed by atoms with van der Waals surface area (Å²) in [4.78, 5) is 0. The van der Waals surface area contributed by atoms with Crippen LogP contribution < -0.4 is 0 Å². The van der Waals surface area contributed by atoms with Crippen LogP contribution in [-0.2, 0) is 9.84 Å². The Morgan fingerprint density at radius 3 is 2.53 bits per heavy atom. The first-order valence-corrected chi connectivity index (χ1v) is 7.29. The highest BCUT2D eigenvalue weighted by atomic mass is 127. The molecule has 1 rings (SSSR count). The summed E-state index contributed by atoms with van der Waals surface area (Å²) in [5.74, 6) is -0.497. The van der Waals surface area contributed by atoms with E-state index in [2.05, 4.69) is 0 Å². The van der Waals surface area contributed by atoms with E-state index >= 15 is 0 Å². The minimum absolute atomic E-state index is 0.264. The van der Waals surface area contributed by atoms with Gasteiger partial charge in [-0.15, -0.1) is 0 Å². The number of aliphatic hydroxyl groups excluding tert-OH is 1. The van der Waals surface area contributed by atoms with Gasteiger partial charge in [-0.25, -0.2) is 12.8 Å². The summed E-state index contributed by atoms with van der Waals surface area (Å²) in [6, 6.07) is 5.28. The highest BCUT2D eigenvalue weighted by molar-refractivity contribution is 14.1. The zero-order chi connectivity index (χ0) is 11.6. The molecule has 0 spiro atoms. The minimum atomic E-state index is -3.35. The first kappa shape index (κ1) is 12.9. The Kier molecular flexibility index (Phi) is 4.07. The summed E-state index contributed by atoms with van der Waals surface area (Å²) in [5, 5.41) is 9.70. The summed E-state index contributed by atoms with van der Waals surface area (Å²) < 4.78 is 34.2. The maximum Gasteiger partial charge on any atom is 0.162 e. The van der Waals surface area contributed by atoms with E-state index in [1.54, 1.807) is 22.6 Å². The molecule has 0 saturated heterocycles. The van der Waals surface area contributed by atoms with Gasteiger partial charge >= 0.3 is 0 Å². The SMILES string of the molecule is CS(=O)(=O)[C@H](I)[C@@H](O)c1cccc(F)c1. The molecule has 84 valence electrons. The lowest BCUT2D eigenvalue weighted by molar-refractivity contribution is 0.197. The molecule has 0 saturated carbocycles. The molecule has 6 heteroatoms. The average molecular weight is 344 g/mol. The third-order valence-corrected chi connectivity index (χ3v) is 6.38. The third-order valence-electron chi connectivity index (χ3n) is 1.85. The fourth-order valence-corrected chi connectivity index (χ4v) is 2.12. The zero-order valence-electron chi connectivity index (χ0n) is 7.89. The molecule has 0 aliphatic carbocycles. The number of alkyl halides is 1. The maximum absolute atomic E-state index is 12.8. The standard InChI is InChI=1S/C9H10FIO3S/c1-15(13,14)9(11)8(12)6-3-2-4-7(10)5-6/h2-5,8-9,12H,1H3/t8-,9-/m0/s1. The molecule has 0 heterocycles. The van der Waals surface area contributed by atoms with Gasteiger partial charge in [0.2, 0.25) is 0 Å². The Morgan fingerprint density at radius 1 is 1.47 bits per heavy atom. The molecule has 2 atom stereocenters. The number of hydrogen-bond donors (Lipinski definition) is 1. The van der Waals surface area contributed by atoms with E-state index in [-0.39, 0.29) is 5.56 Å². The van der Waals surface area contributed by atoms with E-state index in [1.165, 1.54) is 18.2 Å². The molecule has 0 unspecified atom stereocenters. The lowest BCUT2D eigenvalue weighted by atomic mass is 10.1. The van der Waals surface area contributed by atoms with Crippen LogP contribution in [0.15, 0.2) is 24.3 Å². The molecule has 1 aromatic carbocycles. The van der Waals surface area contributed by atoms with Gasteiger partial charge in [0.15, 0.2) is 9.84 Å².